The number of halogens is 1. The van der Waals surface area contributed by atoms with E-state index in [9.17, 15) is 4.79 Å². The smallest absolute Gasteiger partial charge is 0.255 e. The van der Waals surface area contributed by atoms with E-state index in [0.717, 1.165) is 12.8 Å². The summed E-state index contributed by atoms with van der Waals surface area (Å²) in [5.74, 6) is 0.761. The van der Waals surface area contributed by atoms with E-state index in [1.54, 1.807) is 6.07 Å². The number of carbonyl (C=O) groups is 1. The van der Waals surface area contributed by atoms with Crippen molar-refractivity contribution in [2.45, 2.75) is 38.6 Å². The average molecular weight is 325 g/mol. The molecule has 0 spiro atoms. The lowest BCUT2D eigenvalue weighted by atomic mass is 9.86. The third-order valence-corrected chi connectivity index (χ3v) is 4.92. The normalized spacial score (nSPS) is 23.1. The summed E-state index contributed by atoms with van der Waals surface area (Å²) < 4.78 is 0.704. The molecule has 2 atom stereocenters. The van der Waals surface area contributed by atoms with Crippen LogP contribution < -0.4 is 5.73 Å². The Morgan fingerprint density at radius 2 is 2.16 bits per heavy atom. The molecule has 0 heterocycles. The molecule has 0 aliphatic heterocycles. The third-order valence-electron chi connectivity index (χ3n) is 4.04. The van der Waals surface area contributed by atoms with Crippen LogP contribution in [0.1, 0.15) is 43.0 Å². The van der Waals surface area contributed by atoms with Gasteiger partial charge in [-0.15, -0.1) is 0 Å². The molecule has 0 radical (unpaired) electrons. The second-order valence-electron chi connectivity index (χ2n) is 5.55. The van der Waals surface area contributed by atoms with Crippen LogP contribution in [-0.4, -0.2) is 23.9 Å². The summed E-state index contributed by atoms with van der Waals surface area (Å²) in [6.07, 6.45) is 4.69. The Kier molecular flexibility index (Phi) is 4.50. The van der Waals surface area contributed by atoms with Crippen LogP contribution in [0.5, 0.6) is 0 Å². The number of nitrogens with two attached hydrogens (primary N) is 1. The van der Waals surface area contributed by atoms with E-state index in [-0.39, 0.29) is 5.91 Å². The molecular weight excluding hydrogens is 304 g/mol. The van der Waals surface area contributed by atoms with Crippen LogP contribution in [0.4, 0.5) is 5.69 Å². The molecule has 1 aromatic carbocycles. The summed E-state index contributed by atoms with van der Waals surface area (Å²) in [5, 5.41) is 0. The lowest BCUT2D eigenvalue weighted by molar-refractivity contribution is 0.0671. The molecule has 1 amide bonds. The predicted molar refractivity (Wildman–Crippen MR) is 82.1 cm³/mol. The first-order chi connectivity index (χ1) is 9.00. The number of rotatable bonds is 2. The van der Waals surface area contributed by atoms with Crippen molar-refractivity contribution in [3.8, 4) is 0 Å². The van der Waals surface area contributed by atoms with Gasteiger partial charge in [-0.2, -0.15) is 0 Å². The molecule has 1 aliphatic carbocycles. The molecule has 0 saturated heterocycles. The van der Waals surface area contributed by atoms with Crippen LogP contribution in [0.25, 0.3) is 0 Å². The molecule has 1 saturated carbocycles. The van der Waals surface area contributed by atoms with Crippen molar-refractivity contribution in [2.24, 2.45) is 5.92 Å². The van der Waals surface area contributed by atoms with Crippen molar-refractivity contribution in [1.29, 1.82) is 0 Å². The fourth-order valence-corrected chi connectivity index (χ4v) is 3.26. The lowest BCUT2D eigenvalue weighted by Gasteiger charge is -2.34. The Labute approximate surface area is 123 Å². The number of hydrogen-bond acceptors (Lipinski definition) is 2. The van der Waals surface area contributed by atoms with Gasteiger partial charge >= 0.3 is 0 Å². The van der Waals surface area contributed by atoms with Crippen LogP contribution in [0.15, 0.2) is 22.7 Å². The molecule has 0 bridgehead atoms. The predicted octanol–water partition coefficient (Wildman–Crippen LogP) is 3.68. The van der Waals surface area contributed by atoms with E-state index >= 15 is 0 Å². The minimum absolute atomic E-state index is 0.0540. The van der Waals surface area contributed by atoms with Crippen LogP contribution in [0.2, 0.25) is 0 Å². The molecule has 2 unspecified atom stereocenters. The number of anilines is 1. The molecule has 1 aliphatic rings. The quantitative estimate of drug-likeness (QED) is 0.843. The number of nitrogens with zero attached hydrogens (tertiary/aromatic N) is 1. The standard InChI is InChI=1S/C15H21BrN2O/c1-10-5-3-6-11(9-10)18(2)15(19)12-7-4-8-13(17)14(12)16/h4,7-8,10-11H,3,5-6,9,17H2,1-2H3. The Morgan fingerprint density at radius 3 is 2.84 bits per heavy atom. The van der Waals surface area contributed by atoms with Gasteiger partial charge in [-0.1, -0.05) is 25.8 Å². The van der Waals surface area contributed by atoms with Gasteiger partial charge in [0.05, 0.1) is 10.0 Å². The lowest BCUT2D eigenvalue weighted by Crippen LogP contribution is -2.40. The first kappa shape index (κ1) is 14.4. The van der Waals surface area contributed by atoms with Gasteiger partial charge in [0, 0.05) is 18.8 Å². The maximum atomic E-state index is 12.6. The summed E-state index contributed by atoms with van der Waals surface area (Å²) >= 11 is 3.41. The molecule has 104 valence electrons. The first-order valence-corrected chi connectivity index (χ1v) is 7.61. The highest BCUT2D eigenvalue weighted by atomic mass is 79.9. The molecule has 2 N–H and O–H groups in total. The van der Waals surface area contributed by atoms with E-state index < -0.39 is 0 Å². The van der Waals surface area contributed by atoms with Gasteiger partial charge in [0.25, 0.3) is 5.91 Å². The topological polar surface area (TPSA) is 46.3 Å². The van der Waals surface area contributed by atoms with Crippen molar-refractivity contribution in [3.63, 3.8) is 0 Å². The summed E-state index contributed by atoms with van der Waals surface area (Å²) in [6, 6.07) is 5.80. The van der Waals surface area contributed by atoms with Crippen molar-refractivity contribution >= 4 is 27.5 Å². The zero-order chi connectivity index (χ0) is 14.0. The van der Waals surface area contributed by atoms with Gasteiger partial charge in [0.1, 0.15) is 0 Å². The molecule has 3 nitrogen and oxygen atoms in total. The molecule has 1 fully saturated rings. The summed E-state index contributed by atoms with van der Waals surface area (Å²) in [7, 11) is 1.90. The monoisotopic (exact) mass is 324 g/mol. The largest absolute Gasteiger partial charge is 0.398 e. The van der Waals surface area contributed by atoms with Crippen molar-refractivity contribution < 1.29 is 4.79 Å². The van der Waals surface area contributed by atoms with Gasteiger partial charge in [-0.05, 0) is 46.8 Å². The minimum Gasteiger partial charge on any atom is -0.398 e. The fraction of sp³-hybridized carbons (Fsp3) is 0.533. The Hall–Kier alpha value is -1.03. The van der Waals surface area contributed by atoms with Crippen LogP contribution in [-0.2, 0) is 0 Å². The maximum absolute atomic E-state index is 12.6. The second-order valence-corrected chi connectivity index (χ2v) is 6.34. The summed E-state index contributed by atoms with van der Waals surface area (Å²) in [5.41, 5.74) is 7.10. The zero-order valence-corrected chi connectivity index (χ0v) is 13.1. The van der Waals surface area contributed by atoms with Crippen LogP contribution in [0, 0.1) is 5.92 Å². The number of nitrogen functional groups attached to an aromatic ring is 1. The highest BCUT2D eigenvalue weighted by Gasteiger charge is 2.27. The van der Waals surface area contributed by atoms with Gasteiger partial charge in [0.15, 0.2) is 0 Å². The molecular formula is C15H21BrN2O. The van der Waals surface area contributed by atoms with Gasteiger partial charge in [-0.3, -0.25) is 4.79 Å². The third kappa shape index (κ3) is 3.11. The van der Waals surface area contributed by atoms with Crippen molar-refractivity contribution in [1.82, 2.24) is 4.90 Å². The van der Waals surface area contributed by atoms with Gasteiger partial charge < -0.3 is 10.6 Å². The molecule has 2 rings (SSSR count). The van der Waals surface area contributed by atoms with Crippen LogP contribution >= 0.6 is 15.9 Å². The molecule has 4 heteroatoms. The average Bonchev–Trinajstić information content (AvgIpc) is 2.40. The number of carbonyl (C=O) groups excluding carboxylic acids is 1. The van der Waals surface area contributed by atoms with E-state index in [1.807, 2.05) is 24.1 Å². The zero-order valence-electron chi connectivity index (χ0n) is 11.5. The number of amides is 1. The highest BCUT2D eigenvalue weighted by molar-refractivity contribution is 9.10. The van der Waals surface area contributed by atoms with Gasteiger partial charge in [0.2, 0.25) is 0 Å². The van der Waals surface area contributed by atoms with Gasteiger partial charge in [-0.25, -0.2) is 0 Å². The number of benzene rings is 1. The second kappa shape index (κ2) is 5.95. The van der Waals surface area contributed by atoms with Crippen molar-refractivity contribution in [3.05, 3.63) is 28.2 Å². The number of hydrogen-bond donors (Lipinski definition) is 1. The van der Waals surface area contributed by atoms with E-state index in [1.165, 1.54) is 12.8 Å². The first-order valence-electron chi connectivity index (χ1n) is 6.82. The minimum atomic E-state index is 0.0540. The van der Waals surface area contributed by atoms with E-state index in [4.69, 9.17) is 5.73 Å². The fourth-order valence-electron chi connectivity index (χ4n) is 2.82. The molecule has 1 aromatic rings. The molecule has 0 aromatic heterocycles. The maximum Gasteiger partial charge on any atom is 0.255 e. The summed E-state index contributed by atoms with van der Waals surface area (Å²) in [6.45, 7) is 2.26. The Balaban J connectivity index is 2.16. The highest BCUT2D eigenvalue weighted by Crippen LogP contribution is 2.29. The SMILES string of the molecule is CC1CCCC(N(C)C(=O)c2cccc(N)c2Br)C1. The van der Waals surface area contributed by atoms with E-state index in [0.29, 0.717) is 27.7 Å². The van der Waals surface area contributed by atoms with Crippen molar-refractivity contribution in [2.75, 3.05) is 12.8 Å². The van der Waals surface area contributed by atoms with Crippen LogP contribution in [0.3, 0.4) is 0 Å². The molecule has 19 heavy (non-hydrogen) atoms. The summed E-state index contributed by atoms with van der Waals surface area (Å²) in [4.78, 5) is 14.4. The Bertz CT molecular complexity index is 475. The Morgan fingerprint density at radius 1 is 1.42 bits per heavy atom. The van der Waals surface area contributed by atoms with E-state index in [2.05, 4.69) is 22.9 Å².